The lowest BCUT2D eigenvalue weighted by molar-refractivity contribution is 0.363. The average molecular weight is 306 g/mol. The summed E-state index contributed by atoms with van der Waals surface area (Å²) in [5, 5.41) is 6.41. The molecule has 1 atom stereocenters. The molecule has 0 aliphatic heterocycles. The highest BCUT2D eigenvalue weighted by atomic mass is 32.2. The maximum Gasteiger partial charge on any atom is 0.191 e. The van der Waals surface area contributed by atoms with E-state index >= 15 is 0 Å². The van der Waals surface area contributed by atoms with E-state index in [9.17, 15) is 8.42 Å². The summed E-state index contributed by atoms with van der Waals surface area (Å²) in [6.07, 6.45) is 1.84. The molecule has 0 aliphatic rings. The molecule has 1 unspecified atom stereocenters. The van der Waals surface area contributed by atoms with Gasteiger partial charge in [-0.15, -0.1) is 0 Å². The number of aliphatic imine (C=N–C) groups is 1. The van der Waals surface area contributed by atoms with Crippen molar-refractivity contribution in [3.63, 3.8) is 0 Å². The van der Waals surface area contributed by atoms with Crippen molar-refractivity contribution in [2.45, 2.75) is 33.2 Å². The van der Waals surface area contributed by atoms with Crippen LogP contribution in [-0.2, 0) is 9.84 Å². The molecule has 0 spiro atoms. The van der Waals surface area contributed by atoms with Crippen LogP contribution in [0.25, 0.3) is 0 Å². The van der Waals surface area contributed by atoms with Crippen LogP contribution in [0.3, 0.4) is 0 Å². The Morgan fingerprint density at radius 3 is 2.50 bits per heavy atom. The summed E-state index contributed by atoms with van der Waals surface area (Å²) < 4.78 is 22.3. The Labute approximate surface area is 123 Å². The summed E-state index contributed by atoms with van der Waals surface area (Å²) in [5.74, 6) is 0.942. The number of hydrogen-bond acceptors (Lipinski definition) is 4. The topological polar surface area (TPSA) is 73.8 Å². The molecular formula is C13H30N4O2S. The van der Waals surface area contributed by atoms with Crippen LogP contribution < -0.4 is 10.6 Å². The van der Waals surface area contributed by atoms with Crippen LogP contribution in [0.5, 0.6) is 0 Å². The van der Waals surface area contributed by atoms with Gasteiger partial charge in [0.25, 0.3) is 0 Å². The van der Waals surface area contributed by atoms with Gasteiger partial charge in [0, 0.05) is 25.4 Å². The van der Waals surface area contributed by atoms with E-state index in [-0.39, 0.29) is 11.8 Å². The van der Waals surface area contributed by atoms with Crippen molar-refractivity contribution in [2.75, 3.05) is 45.2 Å². The Kier molecular flexibility index (Phi) is 9.58. The Bertz CT molecular complexity index is 382. The molecule has 0 aromatic heterocycles. The van der Waals surface area contributed by atoms with Gasteiger partial charge in [-0.1, -0.05) is 6.92 Å². The number of likely N-dealkylation sites (N-methyl/N-ethyl adjacent to an activating group) is 1. The van der Waals surface area contributed by atoms with E-state index in [0.717, 1.165) is 32.1 Å². The van der Waals surface area contributed by atoms with E-state index in [1.54, 1.807) is 0 Å². The van der Waals surface area contributed by atoms with Crippen molar-refractivity contribution in [3.8, 4) is 0 Å². The van der Waals surface area contributed by atoms with Crippen LogP contribution in [0.15, 0.2) is 4.99 Å². The largest absolute Gasteiger partial charge is 0.357 e. The number of rotatable bonds is 9. The van der Waals surface area contributed by atoms with E-state index in [1.165, 1.54) is 6.26 Å². The molecule has 20 heavy (non-hydrogen) atoms. The predicted molar refractivity (Wildman–Crippen MR) is 86.1 cm³/mol. The molecule has 0 fully saturated rings. The van der Waals surface area contributed by atoms with Gasteiger partial charge in [-0.3, -0.25) is 4.99 Å². The van der Waals surface area contributed by atoms with Crippen molar-refractivity contribution in [3.05, 3.63) is 0 Å². The van der Waals surface area contributed by atoms with E-state index in [2.05, 4.69) is 34.5 Å². The number of nitrogens with zero attached hydrogens (tertiary/aromatic N) is 2. The second-order valence-corrected chi connectivity index (χ2v) is 7.38. The highest BCUT2D eigenvalue weighted by molar-refractivity contribution is 7.90. The monoisotopic (exact) mass is 306 g/mol. The standard InChI is InChI=1S/C13H30N4O2S/c1-6-14-13(15-9-10-17(4)7-2)16-12(3)8-11-20(5,18)19/h12H,6-11H2,1-5H3,(H2,14,15,16). The van der Waals surface area contributed by atoms with Gasteiger partial charge >= 0.3 is 0 Å². The zero-order valence-electron chi connectivity index (χ0n) is 13.4. The first-order valence-electron chi connectivity index (χ1n) is 7.19. The minimum Gasteiger partial charge on any atom is -0.357 e. The zero-order chi connectivity index (χ0) is 15.6. The molecule has 0 rings (SSSR count). The third kappa shape index (κ3) is 11.0. The second kappa shape index (κ2) is 9.99. The van der Waals surface area contributed by atoms with Crippen LogP contribution in [0.1, 0.15) is 27.2 Å². The van der Waals surface area contributed by atoms with E-state index in [0.29, 0.717) is 6.42 Å². The molecule has 0 aromatic carbocycles. The molecule has 0 amide bonds. The molecule has 0 aliphatic carbocycles. The zero-order valence-corrected chi connectivity index (χ0v) is 14.3. The van der Waals surface area contributed by atoms with Crippen molar-refractivity contribution in [1.82, 2.24) is 15.5 Å². The Morgan fingerprint density at radius 2 is 2.00 bits per heavy atom. The van der Waals surface area contributed by atoms with Gasteiger partial charge in [0.1, 0.15) is 9.84 Å². The number of guanidine groups is 1. The van der Waals surface area contributed by atoms with Crippen molar-refractivity contribution in [2.24, 2.45) is 4.99 Å². The first-order chi connectivity index (χ1) is 9.28. The molecule has 0 bridgehead atoms. The van der Waals surface area contributed by atoms with Gasteiger partial charge < -0.3 is 15.5 Å². The van der Waals surface area contributed by atoms with Crippen molar-refractivity contribution >= 4 is 15.8 Å². The average Bonchev–Trinajstić information content (AvgIpc) is 2.35. The van der Waals surface area contributed by atoms with Crippen LogP contribution in [0, 0.1) is 0 Å². The van der Waals surface area contributed by atoms with Crippen molar-refractivity contribution < 1.29 is 8.42 Å². The smallest absolute Gasteiger partial charge is 0.191 e. The maximum absolute atomic E-state index is 11.1. The van der Waals surface area contributed by atoms with Gasteiger partial charge in [0.15, 0.2) is 5.96 Å². The molecule has 6 nitrogen and oxygen atoms in total. The fraction of sp³-hybridized carbons (Fsp3) is 0.923. The summed E-state index contributed by atoms with van der Waals surface area (Å²) in [6.45, 7) is 9.51. The molecule has 120 valence electrons. The lowest BCUT2D eigenvalue weighted by Crippen LogP contribution is -2.43. The molecule has 0 saturated carbocycles. The Morgan fingerprint density at radius 1 is 1.35 bits per heavy atom. The molecule has 7 heteroatoms. The first-order valence-corrected chi connectivity index (χ1v) is 9.25. The number of nitrogens with one attached hydrogen (secondary N) is 2. The van der Waals surface area contributed by atoms with E-state index < -0.39 is 9.84 Å². The SMILES string of the molecule is CCNC(=NCCN(C)CC)NC(C)CCS(C)(=O)=O. The quantitative estimate of drug-likeness (QED) is 0.474. The Hall–Kier alpha value is -0.820. The minimum absolute atomic E-state index is 0.0754. The van der Waals surface area contributed by atoms with Gasteiger partial charge in [0.05, 0.1) is 12.3 Å². The van der Waals surface area contributed by atoms with Gasteiger partial charge in [0.2, 0.25) is 0 Å². The molecule has 0 heterocycles. The summed E-state index contributed by atoms with van der Waals surface area (Å²) in [4.78, 5) is 6.68. The Balaban J connectivity index is 4.27. The van der Waals surface area contributed by atoms with Crippen LogP contribution in [0.2, 0.25) is 0 Å². The highest BCUT2D eigenvalue weighted by Crippen LogP contribution is 1.95. The maximum atomic E-state index is 11.1. The first kappa shape index (κ1) is 19.2. The van der Waals surface area contributed by atoms with E-state index in [1.807, 2.05) is 13.8 Å². The molecule has 0 saturated heterocycles. The summed E-state index contributed by atoms with van der Waals surface area (Å²) in [6, 6.07) is 0.0754. The summed E-state index contributed by atoms with van der Waals surface area (Å²) >= 11 is 0. The lowest BCUT2D eigenvalue weighted by Gasteiger charge is -2.18. The third-order valence-electron chi connectivity index (χ3n) is 2.94. The van der Waals surface area contributed by atoms with E-state index in [4.69, 9.17) is 0 Å². The highest BCUT2D eigenvalue weighted by Gasteiger charge is 2.09. The van der Waals surface area contributed by atoms with Crippen LogP contribution in [-0.4, -0.2) is 70.6 Å². The van der Waals surface area contributed by atoms with Crippen LogP contribution >= 0.6 is 0 Å². The molecule has 0 radical (unpaired) electrons. The lowest BCUT2D eigenvalue weighted by atomic mass is 10.3. The summed E-state index contributed by atoms with van der Waals surface area (Å²) in [5.41, 5.74) is 0. The molecular weight excluding hydrogens is 276 g/mol. The van der Waals surface area contributed by atoms with Gasteiger partial charge in [-0.2, -0.15) is 0 Å². The normalized spacial score (nSPS) is 14.4. The van der Waals surface area contributed by atoms with Crippen LogP contribution in [0.4, 0.5) is 0 Å². The summed E-state index contributed by atoms with van der Waals surface area (Å²) in [7, 11) is -0.846. The fourth-order valence-electron chi connectivity index (χ4n) is 1.51. The fourth-order valence-corrected chi connectivity index (χ4v) is 2.29. The second-order valence-electron chi connectivity index (χ2n) is 5.12. The number of sulfone groups is 1. The van der Waals surface area contributed by atoms with Gasteiger partial charge in [-0.25, -0.2) is 8.42 Å². The predicted octanol–water partition coefficient (Wildman–Crippen LogP) is 0.316. The number of hydrogen-bond donors (Lipinski definition) is 2. The third-order valence-corrected chi connectivity index (χ3v) is 3.92. The van der Waals surface area contributed by atoms with Gasteiger partial charge in [-0.05, 0) is 33.9 Å². The molecule has 2 N–H and O–H groups in total. The van der Waals surface area contributed by atoms with Crippen molar-refractivity contribution in [1.29, 1.82) is 0 Å². The minimum atomic E-state index is -2.91. The molecule has 0 aromatic rings.